The van der Waals surface area contributed by atoms with Gasteiger partial charge in [-0.25, -0.2) is 4.79 Å². The molecule has 4 N–H and O–H groups in total. The molecule has 5 amide bonds. The minimum atomic E-state index is -0.941. The molecular formula is C28H49N5O5. The van der Waals surface area contributed by atoms with Gasteiger partial charge < -0.3 is 26.2 Å². The molecule has 2 aliphatic rings. The van der Waals surface area contributed by atoms with Gasteiger partial charge in [-0.05, 0) is 64.2 Å². The lowest BCUT2D eigenvalue weighted by Gasteiger charge is -2.36. The van der Waals surface area contributed by atoms with Crippen LogP contribution in [0.25, 0.3) is 0 Å². The van der Waals surface area contributed by atoms with Gasteiger partial charge in [0.15, 0.2) is 0 Å². The summed E-state index contributed by atoms with van der Waals surface area (Å²) in [5, 5.41) is 11.1. The van der Waals surface area contributed by atoms with E-state index in [0.717, 1.165) is 38.5 Å². The molecule has 0 saturated heterocycles. The third-order valence-electron chi connectivity index (χ3n) is 6.84. The Morgan fingerprint density at radius 3 is 2.00 bits per heavy atom. The summed E-state index contributed by atoms with van der Waals surface area (Å²) in [4.78, 5) is 66.3. The summed E-state index contributed by atoms with van der Waals surface area (Å²) in [5.74, 6) is -1.89. The summed E-state index contributed by atoms with van der Waals surface area (Å²) in [5.41, 5.74) is -1.09. The third-order valence-corrected chi connectivity index (χ3v) is 6.84. The van der Waals surface area contributed by atoms with Crippen LogP contribution in [0.3, 0.4) is 0 Å². The maximum absolute atomic E-state index is 13.9. The Labute approximate surface area is 227 Å². The highest BCUT2D eigenvalue weighted by atomic mass is 16.2. The van der Waals surface area contributed by atoms with Crippen molar-refractivity contribution < 1.29 is 24.0 Å². The maximum atomic E-state index is 13.9. The Balaban J connectivity index is 2.18. The van der Waals surface area contributed by atoms with Gasteiger partial charge in [-0.2, -0.15) is 0 Å². The number of nitrogens with one attached hydrogen (secondary N) is 4. The number of hydrogen-bond donors (Lipinski definition) is 4. The van der Waals surface area contributed by atoms with Crippen molar-refractivity contribution >= 4 is 29.5 Å². The molecule has 0 spiro atoms. The van der Waals surface area contributed by atoms with Gasteiger partial charge in [0.2, 0.25) is 17.6 Å². The van der Waals surface area contributed by atoms with Crippen LogP contribution in [0.5, 0.6) is 0 Å². The normalized spacial score (nSPS) is 17.8. The molecule has 38 heavy (non-hydrogen) atoms. The van der Waals surface area contributed by atoms with Crippen molar-refractivity contribution in [3.63, 3.8) is 0 Å². The molecule has 2 saturated carbocycles. The van der Waals surface area contributed by atoms with Gasteiger partial charge in [-0.1, -0.05) is 47.0 Å². The lowest BCUT2D eigenvalue weighted by Crippen LogP contribution is -2.60. The molecule has 10 heteroatoms. The van der Waals surface area contributed by atoms with Crippen molar-refractivity contribution in [3.8, 4) is 0 Å². The van der Waals surface area contributed by atoms with Crippen LogP contribution in [0.2, 0.25) is 0 Å². The first kappa shape index (κ1) is 31.6. The largest absolute Gasteiger partial charge is 0.347 e. The lowest BCUT2D eigenvalue weighted by molar-refractivity contribution is -0.142. The first-order chi connectivity index (χ1) is 17.6. The molecule has 0 radical (unpaired) electrons. The first-order valence-electron chi connectivity index (χ1n) is 14.1. The summed E-state index contributed by atoms with van der Waals surface area (Å²) in [6.07, 6.45) is 6.77. The number of urea groups is 1. The van der Waals surface area contributed by atoms with Gasteiger partial charge in [0.1, 0.15) is 6.04 Å². The summed E-state index contributed by atoms with van der Waals surface area (Å²) >= 11 is 0. The summed E-state index contributed by atoms with van der Waals surface area (Å²) in [7, 11) is 0. The second-order valence-corrected chi connectivity index (χ2v) is 13.0. The number of rotatable bonds is 12. The van der Waals surface area contributed by atoms with Gasteiger partial charge in [-0.3, -0.25) is 19.2 Å². The third kappa shape index (κ3) is 10.6. The SMILES string of the molecule is CCC[C@H](NC(=O)CN(CC1CCCC1)C(=O)[C@@H](NC(=O)NC(C)(C)C)C(C)(C)C)C(=O)C(=O)NC1CC1. The molecule has 0 aliphatic heterocycles. The molecule has 2 atom stereocenters. The highest BCUT2D eigenvalue weighted by Gasteiger charge is 2.38. The monoisotopic (exact) mass is 535 g/mol. The van der Waals surface area contributed by atoms with Crippen LogP contribution in [0, 0.1) is 11.3 Å². The molecule has 0 aromatic carbocycles. The fourth-order valence-electron chi connectivity index (χ4n) is 4.69. The quantitative estimate of drug-likeness (QED) is 0.285. The van der Waals surface area contributed by atoms with Gasteiger partial charge in [0.05, 0.1) is 12.6 Å². The molecule has 2 rings (SSSR count). The summed E-state index contributed by atoms with van der Waals surface area (Å²) in [6.45, 7) is 13.2. The Kier molecular flexibility index (Phi) is 11.2. The molecule has 0 heterocycles. The van der Waals surface area contributed by atoms with Crippen molar-refractivity contribution in [1.82, 2.24) is 26.2 Å². The van der Waals surface area contributed by atoms with Crippen molar-refractivity contribution in [2.24, 2.45) is 11.3 Å². The average Bonchev–Trinajstić information content (AvgIpc) is 3.45. The molecule has 0 aromatic heterocycles. The Morgan fingerprint density at radius 1 is 0.895 bits per heavy atom. The van der Waals surface area contributed by atoms with Crippen molar-refractivity contribution in [1.29, 1.82) is 0 Å². The van der Waals surface area contributed by atoms with E-state index in [9.17, 15) is 24.0 Å². The first-order valence-corrected chi connectivity index (χ1v) is 14.1. The van der Waals surface area contributed by atoms with E-state index in [1.54, 1.807) is 0 Å². The van der Waals surface area contributed by atoms with Crippen LogP contribution in [-0.2, 0) is 19.2 Å². The minimum Gasteiger partial charge on any atom is -0.347 e. The Morgan fingerprint density at radius 2 is 1.50 bits per heavy atom. The van der Waals surface area contributed by atoms with Gasteiger partial charge in [0, 0.05) is 18.1 Å². The number of carbonyl (C=O) groups excluding carboxylic acids is 5. The van der Waals surface area contributed by atoms with Crippen LogP contribution < -0.4 is 21.3 Å². The average molecular weight is 536 g/mol. The van der Waals surface area contributed by atoms with Gasteiger partial charge in [0.25, 0.3) is 5.91 Å². The van der Waals surface area contributed by atoms with Crippen LogP contribution >= 0.6 is 0 Å². The van der Waals surface area contributed by atoms with Crippen LogP contribution in [0.15, 0.2) is 0 Å². The highest BCUT2D eigenvalue weighted by molar-refractivity contribution is 6.38. The Hall–Kier alpha value is -2.65. The number of amides is 5. The predicted octanol–water partition coefficient (Wildman–Crippen LogP) is 2.65. The molecule has 10 nitrogen and oxygen atoms in total. The molecule has 0 aromatic rings. The van der Waals surface area contributed by atoms with Gasteiger partial charge >= 0.3 is 6.03 Å². The van der Waals surface area contributed by atoms with E-state index in [1.807, 2.05) is 48.5 Å². The number of carbonyl (C=O) groups is 5. The number of ketones is 1. The van der Waals surface area contributed by atoms with E-state index in [1.165, 1.54) is 4.90 Å². The summed E-state index contributed by atoms with van der Waals surface area (Å²) in [6, 6.07) is -2.21. The number of nitrogens with zero attached hydrogens (tertiary/aromatic N) is 1. The zero-order chi connectivity index (χ0) is 28.7. The summed E-state index contributed by atoms with van der Waals surface area (Å²) < 4.78 is 0. The predicted molar refractivity (Wildman–Crippen MR) is 146 cm³/mol. The van der Waals surface area contributed by atoms with Crippen LogP contribution in [-0.4, -0.2) is 71.2 Å². The van der Waals surface area contributed by atoms with E-state index in [4.69, 9.17) is 0 Å². The van der Waals surface area contributed by atoms with Crippen molar-refractivity contribution in [2.45, 2.75) is 123 Å². The van der Waals surface area contributed by atoms with Crippen LogP contribution in [0.1, 0.15) is 99.8 Å². The van der Waals surface area contributed by atoms with Crippen molar-refractivity contribution in [2.75, 3.05) is 13.1 Å². The molecule has 0 unspecified atom stereocenters. The molecule has 216 valence electrons. The zero-order valence-corrected chi connectivity index (χ0v) is 24.4. The maximum Gasteiger partial charge on any atom is 0.315 e. The number of Topliss-reactive ketones (excluding diaryl/α,β-unsaturated/α-hetero) is 1. The second-order valence-electron chi connectivity index (χ2n) is 13.0. The van der Waals surface area contributed by atoms with Crippen molar-refractivity contribution in [3.05, 3.63) is 0 Å². The van der Waals surface area contributed by atoms with Crippen LogP contribution in [0.4, 0.5) is 4.79 Å². The smallest absolute Gasteiger partial charge is 0.315 e. The minimum absolute atomic E-state index is 0.0428. The van der Waals surface area contributed by atoms with E-state index in [0.29, 0.717) is 19.4 Å². The highest BCUT2D eigenvalue weighted by Crippen LogP contribution is 2.27. The molecular weight excluding hydrogens is 486 g/mol. The van der Waals surface area contributed by atoms with E-state index in [2.05, 4.69) is 21.3 Å². The lowest BCUT2D eigenvalue weighted by atomic mass is 9.85. The number of hydrogen-bond acceptors (Lipinski definition) is 5. The van der Waals surface area contributed by atoms with Gasteiger partial charge in [-0.15, -0.1) is 0 Å². The topological polar surface area (TPSA) is 137 Å². The molecule has 0 bridgehead atoms. The molecule has 2 aliphatic carbocycles. The van der Waals surface area contributed by atoms with E-state index in [-0.39, 0.29) is 24.4 Å². The zero-order valence-electron chi connectivity index (χ0n) is 24.4. The Bertz CT molecular complexity index is 866. The second kappa shape index (κ2) is 13.4. The van der Waals surface area contributed by atoms with E-state index >= 15 is 0 Å². The standard InChI is InChI=1S/C28H49N5O5/c1-8-11-20(22(35)24(36)29-19-14-15-19)30-21(34)17-33(16-18-12-9-10-13-18)25(37)23(27(2,3)4)31-26(38)32-28(5,6)7/h18-20,23H,8-17H2,1-7H3,(H,29,36)(H,30,34)(H2,31,32,38)/t20-,23+/m0/s1. The van der Waals surface area contributed by atoms with E-state index < -0.39 is 46.7 Å². The fourth-order valence-corrected chi connectivity index (χ4v) is 4.69. The fraction of sp³-hybridized carbons (Fsp3) is 0.821. The molecule has 2 fully saturated rings.